The number of ether oxygens (including phenoxy) is 1. The zero-order valence-electron chi connectivity index (χ0n) is 9.01. The highest BCUT2D eigenvalue weighted by Gasteiger charge is 1.91. The molecule has 0 atom stereocenters. The van der Waals surface area contributed by atoms with Gasteiger partial charge in [-0.1, -0.05) is 26.2 Å². The van der Waals surface area contributed by atoms with Crippen molar-refractivity contribution in [3.63, 3.8) is 0 Å². The van der Waals surface area contributed by atoms with Crippen molar-refractivity contribution >= 4 is 5.97 Å². The first-order valence-corrected chi connectivity index (χ1v) is 4.93. The lowest BCUT2D eigenvalue weighted by Gasteiger charge is -1.99. The molecule has 0 unspecified atom stereocenters. The monoisotopic (exact) mass is 190 g/mol. The zero-order chi connectivity index (χ0) is 10.5. The highest BCUT2D eigenvalue weighted by molar-refractivity contribution is 5.65. The van der Waals surface area contributed by atoms with Crippen LogP contribution in [0.4, 0.5) is 0 Å². The summed E-state index contributed by atoms with van der Waals surface area (Å²) >= 11 is 0. The van der Waals surface area contributed by atoms with Crippen molar-refractivity contribution in [3.8, 4) is 0 Å². The minimum Gasteiger partial charge on any atom is -0.466 e. The summed E-state index contributed by atoms with van der Waals surface area (Å²) in [5.74, 6) is -0.170. The smallest absolute Gasteiger partial charge is 0.302 e. The lowest BCUT2D eigenvalue weighted by molar-refractivity contribution is -0.141. The first kappa shape index (κ1) is 14.9. The van der Waals surface area contributed by atoms with Gasteiger partial charge in [-0.15, -0.1) is 0 Å². The third-order valence-electron chi connectivity index (χ3n) is 1.30. The predicted octanol–water partition coefficient (Wildman–Crippen LogP) is 2.13. The fourth-order valence-corrected chi connectivity index (χ4v) is 0.745. The van der Waals surface area contributed by atoms with E-state index in [2.05, 4.69) is 6.92 Å². The molecule has 0 bridgehead atoms. The average molecular weight is 190 g/mol. The molecule has 0 spiro atoms. The first-order valence-electron chi connectivity index (χ1n) is 4.93. The second kappa shape index (κ2) is 14.0. The Morgan fingerprint density at radius 1 is 1.23 bits per heavy atom. The van der Waals surface area contributed by atoms with E-state index in [1.807, 2.05) is 0 Å². The maximum absolute atomic E-state index is 10.3. The van der Waals surface area contributed by atoms with Crippen LogP contribution in [0.5, 0.6) is 0 Å². The maximum Gasteiger partial charge on any atom is 0.302 e. The molecule has 0 aromatic carbocycles. The molecule has 0 heterocycles. The van der Waals surface area contributed by atoms with Crippen molar-refractivity contribution in [2.75, 3.05) is 13.2 Å². The van der Waals surface area contributed by atoms with Gasteiger partial charge < -0.3 is 9.84 Å². The maximum atomic E-state index is 10.3. The van der Waals surface area contributed by atoms with Crippen molar-refractivity contribution in [1.29, 1.82) is 0 Å². The highest BCUT2D eigenvalue weighted by Crippen LogP contribution is 1.98. The van der Waals surface area contributed by atoms with Gasteiger partial charge in [0, 0.05) is 13.5 Å². The molecule has 1 N–H and O–H groups in total. The highest BCUT2D eigenvalue weighted by atomic mass is 16.5. The number of carbonyl (C=O) groups is 1. The summed E-state index contributed by atoms with van der Waals surface area (Å²) in [4.78, 5) is 10.3. The molecule has 0 aliphatic heterocycles. The third-order valence-corrected chi connectivity index (χ3v) is 1.30. The normalized spacial score (nSPS) is 8.62. The predicted molar refractivity (Wildman–Crippen MR) is 53.5 cm³/mol. The van der Waals surface area contributed by atoms with E-state index in [0.717, 1.165) is 6.42 Å². The Hall–Kier alpha value is -0.570. The number of esters is 1. The Balaban J connectivity index is 0. The van der Waals surface area contributed by atoms with Gasteiger partial charge in [-0.2, -0.15) is 0 Å². The van der Waals surface area contributed by atoms with Crippen LogP contribution in [0.15, 0.2) is 0 Å². The molecule has 0 aliphatic rings. The fourth-order valence-electron chi connectivity index (χ4n) is 0.745. The van der Waals surface area contributed by atoms with E-state index < -0.39 is 0 Å². The van der Waals surface area contributed by atoms with Gasteiger partial charge in [-0.3, -0.25) is 4.79 Å². The molecule has 0 aliphatic carbocycles. The lowest BCUT2D eigenvalue weighted by Crippen LogP contribution is -1.99. The Morgan fingerprint density at radius 3 is 2.15 bits per heavy atom. The number of aliphatic hydroxyl groups is 1. The molecule has 0 fully saturated rings. The summed E-state index contributed by atoms with van der Waals surface area (Å²) < 4.78 is 4.75. The molecule has 0 amide bonds. The Morgan fingerprint density at radius 2 is 1.77 bits per heavy atom. The number of hydrogen-bond donors (Lipinski definition) is 1. The van der Waals surface area contributed by atoms with Gasteiger partial charge >= 0.3 is 5.97 Å². The van der Waals surface area contributed by atoms with E-state index in [1.54, 1.807) is 6.92 Å². The summed E-state index contributed by atoms with van der Waals surface area (Å²) in [5, 5.41) is 7.57. The number of hydrogen-bond acceptors (Lipinski definition) is 3. The van der Waals surface area contributed by atoms with Gasteiger partial charge in [-0.25, -0.2) is 0 Å². The Labute approximate surface area is 81.1 Å². The van der Waals surface area contributed by atoms with Gasteiger partial charge in [-0.05, 0) is 13.3 Å². The second-order valence-corrected chi connectivity index (χ2v) is 2.72. The molecular weight excluding hydrogens is 168 g/mol. The van der Waals surface area contributed by atoms with E-state index in [1.165, 1.54) is 26.2 Å². The molecule has 80 valence electrons. The van der Waals surface area contributed by atoms with Gasteiger partial charge in [0.05, 0.1) is 6.61 Å². The van der Waals surface area contributed by atoms with Crippen molar-refractivity contribution < 1.29 is 14.6 Å². The standard InChI is InChI=1S/C8H16O2.C2H6O/c1-3-4-5-6-7-10-8(2)9;1-2-3/h3-7H2,1-2H3;3H,2H2,1H3. The molecule has 0 aromatic rings. The van der Waals surface area contributed by atoms with Crippen LogP contribution in [0.1, 0.15) is 46.5 Å². The van der Waals surface area contributed by atoms with Gasteiger partial charge in [0.15, 0.2) is 0 Å². The fraction of sp³-hybridized carbons (Fsp3) is 0.900. The minimum absolute atomic E-state index is 0.170. The van der Waals surface area contributed by atoms with Crippen molar-refractivity contribution in [2.45, 2.75) is 46.5 Å². The van der Waals surface area contributed by atoms with E-state index in [4.69, 9.17) is 9.84 Å². The summed E-state index contributed by atoms with van der Waals surface area (Å²) in [6, 6.07) is 0. The van der Waals surface area contributed by atoms with Crippen molar-refractivity contribution in [2.24, 2.45) is 0 Å². The van der Waals surface area contributed by atoms with Crippen LogP contribution in [0, 0.1) is 0 Å². The molecule has 13 heavy (non-hydrogen) atoms. The molecule has 0 radical (unpaired) electrons. The number of unbranched alkanes of at least 4 members (excludes halogenated alkanes) is 3. The van der Waals surface area contributed by atoms with E-state index in [9.17, 15) is 4.79 Å². The van der Waals surface area contributed by atoms with E-state index >= 15 is 0 Å². The summed E-state index contributed by atoms with van der Waals surface area (Å²) in [5.41, 5.74) is 0. The zero-order valence-corrected chi connectivity index (χ0v) is 9.01. The van der Waals surface area contributed by atoms with Gasteiger partial charge in [0.2, 0.25) is 0 Å². The molecule has 0 rings (SSSR count). The van der Waals surface area contributed by atoms with Crippen molar-refractivity contribution in [1.82, 2.24) is 0 Å². The number of rotatable bonds is 5. The first-order chi connectivity index (χ1) is 6.18. The molecule has 3 nitrogen and oxygen atoms in total. The molecular formula is C10H22O3. The van der Waals surface area contributed by atoms with Crippen LogP contribution in [0.3, 0.4) is 0 Å². The summed E-state index contributed by atoms with van der Waals surface area (Å²) in [6.07, 6.45) is 4.64. The molecule has 0 saturated heterocycles. The third kappa shape index (κ3) is 24.6. The Kier molecular flexibility index (Phi) is 16.1. The van der Waals surface area contributed by atoms with Crippen LogP contribution in [0.25, 0.3) is 0 Å². The second-order valence-electron chi connectivity index (χ2n) is 2.72. The molecule has 0 saturated carbocycles. The Bertz CT molecular complexity index is 102. The van der Waals surface area contributed by atoms with E-state index in [-0.39, 0.29) is 12.6 Å². The van der Waals surface area contributed by atoms with E-state index in [0.29, 0.717) is 6.61 Å². The number of aliphatic hydroxyl groups excluding tert-OH is 1. The van der Waals surface area contributed by atoms with Crippen LogP contribution < -0.4 is 0 Å². The minimum atomic E-state index is -0.170. The van der Waals surface area contributed by atoms with Crippen LogP contribution >= 0.6 is 0 Å². The average Bonchev–Trinajstić information content (AvgIpc) is 2.05. The topological polar surface area (TPSA) is 46.5 Å². The van der Waals surface area contributed by atoms with Crippen molar-refractivity contribution in [3.05, 3.63) is 0 Å². The quantitative estimate of drug-likeness (QED) is 0.533. The van der Waals surface area contributed by atoms with Crippen LogP contribution in [-0.4, -0.2) is 24.3 Å². The largest absolute Gasteiger partial charge is 0.466 e. The van der Waals surface area contributed by atoms with Crippen LogP contribution in [0.2, 0.25) is 0 Å². The number of carbonyl (C=O) groups excluding carboxylic acids is 1. The molecule has 3 heteroatoms. The van der Waals surface area contributed by atoms with Gasteiger partial charge in [0.25, 0.3) is 0 Å². The SMILES string of the molecule is CCCCCCOC(C)=O.CCO. The summed E-state index contributed by atoms with van der Waals surface area (Å²) in [7, 11) is 0. The molecule has 0 aromatic heterocycles. The summed E-state index contributed by atoms with van der Waals surface area (Å²) in [6.45, 7) is 6.13. The lowest BCUT2D eigenvalue weighted by atomic mass is 10.2. The van der Waals surface area contributed by atoms with Gasteiger partial charge in [0.1, 0.15) is 0 Å². The van der Waals surface area contributed by atoms with Crippen LogP contribution in [-0.2, 0) is 9.53 Å².